The number of anilines is 4. The number of benzene rings is 2. The van der Waals surface area contributed by atoms with E-state index in [0.29, 0.717) is 31.1 Å². The van der Waals surface area contributed by atoms with Crippen LogP contribution in [0.15, 0.2) is 54.7 Å². The number of urea groups is 1. The fourth-order valence-electron chi connectivity index (χ4n) is 3.48. The van der Waals surface area contributed by atoms with E-state index in [1.54, 1.807) is 31.2 Å². The molecule has 1 unspecified atom stereocenters. The van der Waals surface area contributed by atoms with Crippen molar-refractivity contribution in [3.63, 3.8) is 0 Å². The molecule has 2 aromatic carbocycles. The maximum atomic E-state index is 14.3. The summed E-state index contributed by atoms with van der Waals surface area (Å²) in [4.78, 5) is 40.3. The minimum Gasteiger partial charge on any atom is -0.481 e. The van der Waals surface area contributed by atoms with Crippen molar-refractivity contribution in [2.75, 3.05) is 22.5 Å². The minimum atomic E-state index is -0.872. The Kier molecular flexibility index (Phi) is 9.09. The SMILES string of the molecule is CCNC(=O)Nc1cc(Nc2ccc(F)cc2F)c(C(=O)Nc2ccc(CC(CC)C(=O)O)cc2)cn1. The van der Waals surface area contributed by atoms with E-state index in [1.807, 2.05) is 6.92 Å². The topological polar surface area (TPSA) is 132 Å². The van der Waals surface area contributed by atoms with E-state index in [-0.39, 0.29) is 22.8 Å². The van der Waals surface area contributed by atoms with E-state index >= 15 is 0 Å². The summed E-state index contributed by atoms with van der Waals surface area (Å²) >= 11 is 0. The summed E-state index contributed by atoms with van der Waals surface area (Å²) in [6.07, 6.45) is 2.07. The zero-order chi connectivity index (χ0) is 26.9. The van der Waals surface area contributed by atoms with Gasteiger partial charge in [0, 0.05) is 30.6 Å². The molecule has 0 spiro atoms. The number of hydrogen-bond acceptors (Lipinski definition) is 5. The smallest absolute Gasteiger partial charge is 0.320 e. The van der Waals surface area contributed by atoms with Gasteiger partial charge in [0.1, 0.15) is 17.5 Å². The Morgan fingerprint density at radius 1 is 0.973 bits per heavy atom. The van der Waals surface area contributed by atoms with Gasteiger partial charge in [-0.25, -0.2) is 18.6 Å². The first-order valence-electron chi connectivity index (χ1n) is 11.6. The number of hydrogen-bond donors (Lipinski definition) is 5. The van der Waals surface area contributed by atoms with E-state index in [9.17, 15) is 28.3 Å². The third-order valence-corrected chi connectivity index (χ3v) is 5.46. The van der Waals surface area contributed by atoms with Crippen LogP contribution in [0, 0.1) is 17.6 Å². The van der Waals surface area contributed by atoms with Gasteiger partial charge in [-0.15, -0.1) is 0 Å². The lowest BCUT2D eigenvalue weighted by Crippen LogP contribution is -2.28. The highest BCUT2D eigenvalue weighted by Gasteiger charge is 2.18. The molecule has 3 aromatic rings. The number of carbonyl (C=O) groups excluding carboxylic acids is 2. The molecule has 37 heavy (non-hydrogen) atoms. The molecule has 1 heterocycles. The summed E-state index contributed by atoms with van der Waals surface area (Å²) < 4.78 is 27.6. The van der Waals surface area contributed by atoms with Gasteiger partial charge in [-0.2, -0.15) is 0 Å². The summed E-state index contributed by atoms with van der Waals surface area (Å²) in [5, 5.41) is 19.8. The number of carbonyl (C=O) groups is 3. The van der Waals surface area contributed by atoms with Gasteiger partial charge >= 0.3 is 12.0 Å². The Labute approximate surface area is 212 Å². The van der Waals surface area contributed by atoms with Crippen LogP contribution in [-0.2, 0) is 11.2 Å². The van der Waals surface area contributed by atoms with Crippen LogP contribution in [0.5, 0.6) is 0 Å². The highest BCUT2D eigenvalue weighted by Crippen LogP contribution is 2.26. The number of pyridine rings is 1. The molecule has 0 fully saturated rings. The van der Waals surface area contributed by atoms with Gasteiger partial charge in [0.05, 0.1) is 22.9 Å². The molecule has 3 amide bonds. The van der Waals surface area contributed by atoms with E-state index in [4.69, 9.17) is 0 Å². The molecule has 0 saturated heterocycles. The Bertz CT molecular complexity index is 1280. The zero-order valence-electron chi connectivity index (χ0n) is 20.3. The monoisotopic (exact) mass is 511 g/mol. The number of halogens is 2. The van der Waals surface area contributed by atoms with Gasteiger partial charge in [-0.3, -0.25) is 14.9 Å². The normalized spacial score (nSPS) is 11.4. The molecule has 194 valence electrons. The second-order valence-corrected chi connectivity index (χ2v) is 8.15. The van der Waals surface area contributed by atoms with Crippen LogP contribution in [0.2, 0.25) is 0 Å². The first-order valence-corrected chi connectivity index (χ1v) is 11.6. The average molecular weight is 512 g/mol. The van der Waals surface area contributed by atoms with Crippen molar-refractivity contribution in [2.24, 2.45) is 5.92 Å². The number of carboxylic acids is 1. The second-order valence-electron chi connectivity index (χ2n) is 8.15. The van der Waals surface area contributed by atoms with E-state index in [2.05, 4.69) is 26.3 Å². The maximum absolute atomic E-state index is 14.3. The summed E-state index contributed by atoms with van der Waals surface area (Å²) in [5.41, 5.74) is 1.32. The predicted octanol–water partition coefficient (Wildman–Crippen LogP) is 5.15. The van der Waals surface area contributed by atoms with E-state index in [0.717, 1.165) is 11.6 Å². The predicted molar refractivity (Wildman–Crippen MR) is 136 cm³/mol. The van der Waals surface area contributed by atoms with Crippen LogP contribution >= 0.6 is 0 Å². The van der Waals surface area contributed by atoms with Gasteiger partial charge in [0.2, 0.25) is 0 Å². The Hall–Kier alpha value is -4.54. The molecule has 9 nitrogen and oxygen atoms in total. The van der Waals surface area contributed by atoms with Crippen LogP contribution in [0.4, 0.5) is 36.5 Å². The van der Waals surface area contributed by atoms with Crippen molar-refractivity contribution < 1.29 is 28.3 Å². The fourth-order valence-corrected chi connectivity index (χ4v) is 3.48. The van der Waals surface area contributed by atoms with Crippen molar-refractivity contribution in [1.82, 2.24) is 10.3 Å². The average Bonchev–Trinajstić information content (AvgIpc) is 2.85. The highest BCUT2D eigenvalue weighted by atomic mass is 19.1. The van der Waals surface area contributed by atoms with Crippen LogP contribution in [0.3, 0.4) is 0 Å². The lowest BCUT2D eigenvalue weighted by atomic mass is 9.97. The Morgan fingerprint density at radius 2 is 1.70 bits per heavy atom. The zero-order valence-corrected chi connectivity index (χ0v) is 20.3. The molecule has 0 aliphatic rings. The first-order chi connectivity index (χ1) is 17.7. The second kappa shape index (κ2) is 12.4. The number of rotatable bonds is 10. The molecule has 5 N–H and O–H groups in total. The molecular formula is C26H27F2N5O4. The number of aromatic nitrogens is 1. The Balaban J connectivity index is 1.84. The molecule has 0 aliphatic heterocycles. The summed E-state index contributed by atoms with van der Waals surface area (Å²) in [7, 11) is 0. The molecule has 3 rings (SSSR count). The molecule has 0 saturated carbocycles. The number of carboxylic acid groups (broad SMARTS) is 1. The lowest BCUT2D eigenvalue weighted by molar-refractivity contribution is -0.141. The Morgan fingerprint density at radius 3 is 2.32 bits per heavy atom. The molecule has 0 aliphatic carbocycles. The molecule has 1 atom stereocenters. The van der Waals surface area contributed by atoms with Crippen molar-refractivity contribution in [3.8, 4) is 0 Å². The van der Waals surface area contributed by atoms with Gasteiger partial charge in [-0.05, 0) is 49.6 Å². The van der Waals surface area contributed by atoms with Crippen molar-refractivity contribution in [1.29, 1.82) is 0 Å². The quantitative estimate of drug-likeness (QED) is 0.256. The molecule has 0 radical (unpaired) electrons. The van der Waals surface area contributed by atoms with Gasteiger partial charge in [0.25, 0.3) is 5.91 Å². The van der Waals surface area contributed by atoms with E-state index in [1.165, 1.54) is 18.3 Å². The summed E-state index contributed by atoms with van der Waals surface area (Å²) in [6, 6.07) is 10.5. The largest absolute Gasteiger partial charge is 0.481 e. The molecule has 11 heteroatoms. The van der Waals surface area contributed by atoms with Crippen LogP contribution in [0.25, 0.3) is 0 Å². The van der Waals surface area contributed by atoms with Gasteiger partial charge in [-0.1, -0.05) is 19.1 Å². The third-order valence-electron chi connectivity index (χ3n) is 5.46. The van der Waals surface area contributed by atoms with Crippen LogP contribution in [-0.4, -0.2) is 34.5 Å². The minimum absolute atomic E-state index is 0.0335. The van der Waals surface area contributed by atoms with Crippen molar-refractivity contribution in [3.05, 3.63) is 77.5 Å². The van der Waals surface area contributed by atoms with Crippen LogP contribution < -0.4 is 21.3 Å². The van der Waals surface area contributed by atoms with Crippen molar-refractivity contribution in [2.45, 2.75) is 26.7 Å². The number of nitrogens with zero attached hydrogens (tertiary/aromatic N) is 1. The highest BCUT2D eigenvalue weighted by molar-refractivity contribution is 6.08. The molecule has 1 aromatic heterocycles. The lowest BCUT2D eigenvalue weighted by Gasteiger charge is -2.15. The van der Waals surface area contributed by atoms with Gasteiger partial charge < -0.3 is 21.1 Å². The number of aliphatic carboxylic acids is 1. The van der Waals surface area contributed by atoms with Crippen LogP contribution in [0.1, 0.15) is 36.2 Å². The summed E-state index contributed by atoms with van der Waals surface area (Å²) in [6.45, 7) is 3.93. The molecule has 0 bridgehead atoms. The summed E-state index contributed by atoms with van der Waals surface area (Å²) in [5.74, 6) is -3.48. The first kappa shape index (κ1) is 27.1. The molecular weight excluding hydrogens is 484 g/mol. The third kappa shape index (κ3) is 7.47. The number of nitrogens with one attached hydrogen (secondary N) is 4. The fraction of sp³-hybridized carbons (Fsp3) is 0.231. The van der Waals surface area contributed by atoms with Gasteiger partial charge in [0.15, 0.2) is 0 Å². The van der Waals surface area contributed by atoms with Crippen molar-refractivity contribution >= 4 is 40.8 Å². The standard InChI is InChI=1S/C26H27F2N5O4/c1-3-16(25(35)36)11-15-5-8-18(9-6-15)31-24(34)19-14-30-23(33-26(37)29-4-2)13-22(19)32-21-10-7-17(27)12-20(21)28/h5-10,12-14,16H,3-4,11H2,1-2H3,(H,31,34)(H,35,36)(H3,29,30,32,33,37). The van der Waals surface area contributed by atoms with E-state index < -0.39 is 35.5 Å². The maximum Gasteiger partial charge on any atom is 0.320 e. The number of amides is 3.